The molecule has 0 aliphatic carbocycles. The van der Waals surface area contributed by atoms with E-state index in [4.69, 9.17) is 11.6 Å². The summed E-state index contributed by atoms with van der Waals surface area (Å²) in [6.07, 6.45) is -0.904. The summed E-state index contributed by atoms with van der Waals surface area (Å²) < 4.78 is 37.3. The Kier molecular flexibility index (Phi) is 3.79. The van der Waals surface area contributed by atoms with Crippen molar-refractivity contribution in [2.75, 3.05) is 5.88 Å². The average molecular weight is 239 g/mol. The summed E-state index contributed by atoms with van der Waals surface area (Å²) in [6, 6.07) is 0. The number of hydrogen-bond acceptors (Lipinski definition) is 1. The first-order valence-electron chi connectivity index (χ1n) is 4.31. The lowest BCUT2D eigenvalue weighted by molar-refractivity contribution is -0.141. The second-order valence-corrected chi connectivity index (χ2v) is 3.37. The van der Waals surface area contributed by atoms with E-state index in [1.807, 2.05) is 0 Å². The number of alkyl halides is 4. The number of aryl methyl sites for hydroxylation is 1. The van der Waals surface area contributed by atoms with Gasteiger partial charge in [-0.3, -0.25) is 5.10 Å². The second-order valence-electron chi connectivity index (χ2n) is 2.99. The fourth-order valence-electron chi connectivity index (χ4n) is 1.12. The molecule has 15 heavy (non-hydrogen) atoms. The van der Waals surface area contributed by atoms with Crippen LogP contribution < -0.4 is 0 Å². The summed E-state index contributed by atoms with van der Waals surface area (Å²) in [4.78, 5) is 0. The standard InChI is InChI=1S/C9H10ClF3N2/c1-6-7(4-2-3-5-10)8(15-14-6)9(11,12)13/h2,4H,3,5H2,1H3,(H,14,15). The molecule has 0 aliphatic heterocycles. The summed E-state index contributed by atoms with van der Waals surface area (Å²) in [5.74, 6) is 0.384. The van der Waals surface area contributed by atoms with Crippen LogP contribution in [-0.2, 0) is 6.18 Å². The average Bonchev–Trinajstić information content (AvgIpc) is 2.48. The minimum Gasteiger partial charge on any atom is -0.282 e. The van der Waals surface area contributed by atoms with Crippen molar-refractivity contribution in [3.05, 3.63) is 23.0 Å². The molecule has 0 aliphatic rings. The maximum absolute atomic E-state index is 12.4. The molecule has 0 unspecified atom stereocenters. The van der Waals surface area contributed by atoms with E-state index in [0.29, 0.717) is 18.0 Å². The van der Waals surface area contributed by atoms with Crippen molar-refractivity contribution in [3.8, 4) is 0 Å². The third-order valence-electron chi connectivity index (χ3n) is 1.82. The van der Waals surface area contributed by atoms with Gasteiger partial charge in [-0.2, -0.15) is 18.3 Å². The van der Waals surface area contributed by atoms with E-state index < -0.39 is 11.9 Å². The van der Waals surface area contributed by atoms with Gasteiger partial charge < -0.3 is 0 Å². The molecule has 1 N–H and O–H groups in total. The van der Waals surface area contributed by atoms with Gasteiger partial charge in [0.1, 0.15) is 0 Å². The van der Waals surface area contributed by atoms with Crippen LogP contribution in [0.15, 0.2) is 6.08 Å². The number of allylic oxidation sites excluding steroid dienone is 1. The van der Waals surface area contributed by atoms with Crippen molar-refractivity contribution in [2.24, 2.45) is 0 Å². The molecule has 6 heteroatoms. The molecule has 0 saturated heterocycles. The van der Waals surface area contributed by atoms with E-state index in [-0.39, 0.29) is 5.56 Å². The molecular formula is C9H10ClF3N2. The van der Waals surface area contributed by atoms with Gasteiger partial charge in [0.15, 0.2) is 5.69 Å². The summed E-state index contributed by atoms with van der Waals surface area (Å²) in [7, 11) is 0. The predicted molar refractivity (Wildman–Crippen MR) is 52.7 cm³/mol. The van der Waals surface area contributed by atoms with Gasteiger partial charge in [-0.05, 0) is 13.3 Å². The first-order chi connectivity index (χ1) is 6.96. The van der Waals surface area contributed by atoms with Gasteiger partial charge in [0.25, 0.3) is 0 Å². The Hall–Kier alpha value is -0.970. The summed E-state index contributed by atoms with van der Waals surface area (Å²) in [5, 5.41) is 5.55. The van der Waals surface area contributed by atoms with Gasteiger partial charge in [0.2, 0.25) is 0 Å². The Bertz CT molecular complexity index is 355. The van der Waals surface area contributed by atoms with Crippen molar-refractivity contribution in [3.63, 3.8) is 0 Å². The van der Waals surface area contributed by atoms with Gasteiger partial charge in [-0.15, -0.1) is 11.6 Å². The summed E-state index contributed by atoms with van der Waals surface area (Å²) in [5.41, 5.74) is -0.411. The lowest BCUT2D eigenvalue weighted by Gasteiger charge is -2.03. The molecule has 0 aromatic carbocycles. The van der Waals surface area contributed by atoms with Crippen LogP contribution in [-0.4, -0.2) is 16.1 Å². The van der Waals surface area contributed by atoms with Crippen LogP contribution in [0.4, 0.5) is 13.2 Å². The highest BCUT2D eigenvalue weighted by molar-refractivity contribution is 6.17. The number of aromatic nitrogens is 2. The van der Waals surface area contributed by atoms with Crippen molar-refractivity contribution in [1.82, 2.24) is 10.2 Å². The van der Waals surface area contributed by atoms with Crippen LogP contribution in [0.2, 0.25) is 0 Å². The fraction of sp³-hybridized carbons (Fsp3) is 0.444. The Morgan fingerprint density at radius 2 is 2.13 bits per heavy atom. The normalized spacial score (nSPS) is 12.6. The zero-order chi connectivity index (χ0) is 11.5. The number of nitrogens with one attached hydrogen (secondary N) is 1. The molecule has 0 radical (unpaired) electrons. The van der Waals surface area contributed by atoms with Crippen molar-refractivity contribution in [1.29, 1.82) is 0 Å². The molecular weight excluding hydrogens is 229 g/mol. The van der Waals surface area contributed by atoms with Gasteiger partial charge in [0.05, 0.1) is 0 Å². The Morgan fingerprint density at radius 3 is 2.67 bits per heavy atom. The lowest BCUT2D eigenvalue weighted by Crippen LogP contribution is -2.07. The summed E-state index contributed by atoms with van der Waals surface area (Å²) in [6.45, 7) is 1.54. The van der Waals surface area contributed by atoms with E-state index >= 15 is 0 Å². The van der Waals surface area contributed by atoms with Crippen LogP contribution in [0.5, 0.6) is 0 Å². The number of rotatable bonds is 3. The van der Waals surface area contributed by atoms with Crippen LogP contribution in [0.1, 0.15) is 23.4 Å². The largest absolute Gasteiger partial charge is 0.435 e. The highest BCUT2D eigenvalue weighted by Crippen LogP contribution is 2.32. The number of H-pyrrole nitrogens is 1. The summed E-state index contributed by atoms with van der Waals surface area (Å²) >= 11 is 5.41. The van der Waals surface area contributed by atoms with Crippen molar-refractivity contribution < 1.29 is 13.2 Å². The lowest BCUT2D eigenvalue weighted by atomic mass is 10.1. The Morgan fingerprint density at radius 1 is 1.47 bits per heavy atom. The van der Waals surface area contributed by atoms with Gasteiger partial charge in [-0.25, -0.2) is 0 Å². The first-order valence-corrected chi connectivity index (χ1v) is 4.85. The molecule has 1 rings (SSSR count). The third-order valence-corrected chi connectivity index (χ3v) is 2.04. The van der Waals surface area contributed by atoms with Gasteiger partial charge >= 0.3 is 6.18 Å². The monoisotopic (exact) mass is 238 g/mol. The topological polar surface area (TPSA) is 28.7 Å². The maximum atomic E-state index is 12.4. The van der Waals surface area contributed by atoms with E-state index in [2.05, 4.69) is 10.2 Å². The molecule has 0 spiro atoms. The van der Waals surface area contributed by atoms with E-state index in [1.54, 1.807) is 13.0 Å². The predicted octanol–water partition coefficient (Wildman–Crippen LogP) is 3.38. The van der Waals surface area contributed by atoms with Crippen molar-refractivity contribution >= 4 is 17.7 Å². The highest BCUT2D eigenvalue weighted by atomic mass is 35.5. The fourth-order valence-corrected chi connectivity index (χ4v) is 1.25. The molecule has 2 nitrogen and oxygen atoms in total. The number of halogens is 4. The molecule has 0 bridgehead atoms. The van der Waals surface area contributed by atoms with Crippen LogP contribution in [0.3, 0.4) is 0 Å². The van der Waals surface area contributed by atoms with Crippen LogP contribution in [0, 0.1) is 6.92 Å². The molecule has 1 heterocycles. The van der Waals surface area contributed by atoms with E-state index in [1.165, 1.54) is 6.08 Å². The second kappa shape index (κ2) is 4.70. The first kappa shape index (κ1) is 12.1. The quantitative estimate of drug-likeness (QED) is 0.804. The van der Waals surface area contributed by atoms with Crippen LogP contribution in [0.25, 0.3) is 6.08 Å². The zero-order valence-electron chi connectivity index (χ0n) is 8.03. The Balaban J connectivity index is 3.00. The molecule has 0 atom stereocenters. The zero-order valence-corrected chi connectivity index (χ0v) is 8.78. The molecule has 1 aromatic rings. The Labute approximate surface area is 90.1 Å². The number of nitrogens with zero attached hydrogens (tertiary/aromatic N) is 1. The SMILES string of the molecule is Cc1[nH]nc(C(F)(F)F)c1C=CCCCl. The minimum atomic E-state index is -4.43. The van der Waals surface area contributed by atoms with E-state index in [0.717, 1.165) is 0 Å². The van der Waals surface area contributed by atoms with Crippen molar-refractivity contribution in [2.45, 2.75) is 19.5 Å². The smallest absolute Gasteiger partial charge is 0.282 e. The molecule has 1 aromatic heterocycles. The number of hydrogen-bond donors (Lipinski definition) is 1. The number of aromatic amines is 1. The third kappa shape index (κ3) is 2.99. The minimum absolute atomic E-state index is 0.0765. The molecule has 0 fully saturated rings. The van der Waals surface area contributed by atoms with Crippen LogP contribution >= 0.6 is 11.6 Å². The molecule has 0 amide bonds. The maximum Gasteiger partial charge on any atom is 0.435 e. The molecule has 0 saturated carbocycles. The van der Waals surface area contributed by atoms with Gasteiger partial charge in [-0.1, -0.05) is 12.2 Å². The highest BCUT2D eigenvalue weighted by Gasteiger charge is 2.36. The molecule has 84 valence electrons. The van der Waals surface area contributed by atoms with E-state index in [9.17, 15) is 13.2 Å². The van der Waals surface area contributed by atoms with Gasteiger partial charge in [0, 0.05) is 17.1 Å².